The number of carbonyl (C=O) groups excluding carboxylic acids is 1. The van der Waals surface area contributed by atoms with E-state index in [1.807, 2.05) is 7.05 Å². The van der Waals surface area contributed by atoms with Crippen molar-refractivity contribution >= 4 is 21.8 Å². The van der Waals surface area contributed by atoms with E-state index in [9.17, 15) is 4.79 Å². The summed E-state index contributed by atoms with van der Waals surface area (Å²) in [5.74, 6) is 0.481. The molecule has 1 saturated heterocycles. The van der Waals surface area contributed by atoms with Crippen LogP contribution in [0.1, 0.15) is 13.3 Å². The van der Waals surface area contributed by atoms with Gasteiger partial charge in [0.2, 0.25) is 0 Å². The first-order valence-electron chi connectivity index (χ1n) is 4.59. The maximum atomic E-state index is 11.7. The van der Waals surface area contributed by atoms with Crippen molar-refractivity contribution in [3.63, 3.8) is 0 Å². The summed E-state index contributed by atoms with van der Waals surface area (Å²) in [7, 11) is 1.82. The van der Waals surface area contributed by atoms with Crippen LogP contribution in [-0.4, -0.2) is 42.4 Å². The van der Waals surface area contributed by atoms with E-state index in [1.54, 1.807) is 4.90 Å². The van der Waals surface area contributed by atoms with Crippen LogP contribution in [0.4, 0.5) is 0 Å². The lowest BCUT2D eigenvalue weighted by Gasteiger charge is -2.21. The molecule has 4 heteroatoms. The van der Waals surface area contributed by atoms with E-state index >= 15 is 0 Å². The maximum absolute atomic E-state index is 11.7. The summed E-state index contributed by atoms with van der Waals surface area (Å²) in [6.07, 6.45) is 0.794. The molecule has 0 aromatic rings. The molecule has 1 aliphatic rings. The van der Waals surface area contributed by atoms with Gasteiger partial charge < -0.3 is 9.64 Å². The molecule has 0 aliphatic carbocycles. The van der Waals surface area contributed by atoms with E-state index in [-0.39, 0.29) is 12.0 Å². The zero-order valence-corrected chi connectivity index (χ0v) is 9.71. The summed E-state index contributed by atoms with van der Waals surface area (Å²) >= 11 is 3.31. The smallest absolute Gasteiger partial charge is 0.251 e. The van der Waals surface area contributed by atoms with Crippen LogP contribution in [0.2, 0.25) is 0 Å². The molecule has 76 valence electrons. The molecule has 0 spiro atoms. The van der Waals surface area contributed by atoms with Gasteiger partial charge in [0.25, 0.3) is 5.91 Å². The SMILES string of the molecule is CC1CCOC1C(=O)N(C)CCBr. The monoisotopic (exact) mass is 249 g/mol. The van der Waals surface area contributed by atoms with Crippen LogP contribution in [0, 0.1) is 5.92 Å². The Kier molecular flexibility index (Phi) is 4.19. The number of carbonyl (C=O) groups is 1. The van der Waals surface area contributed by atoms with E-state index in [4.69, 9.17) is 4.74 Å². The summed E-state index contributed by atoms with van der Waals surface area (Å²) in [6.45, 7) is 3.53. The first-order valence-corrected chi connectivity index (χ1v) is 5.71. The highest BCUT2D eigenvalue weighted by Crippen LogP contribution is 2.21. The fraction of sp³-hybridized carbons (Fsp3) is 0.889. The Morgan fingerprint density at radius 2 is 2.38 bits per heavy atom. The lowest BCUT2D eigenvalue weighted by molar-refractivity contribution is -0.140. The third-order valence-corrected chi connectivity index (χ3v) is 2.78. The minimum Gasteiger partial charge on any atom is -0.368 e. The third-order valence-electron chi connectivity index (χ3n) is 2.43. The van der Waals surface area contributed by atoms with Crippen molar-refractivity contribution in [1.29, 1.82) is 0 Å². The highest BCUT2D eigenvalue weighted by molar-refractivity contribution is 9.09. The molecule has 0 aromatic carbocycles. The summed E-state index contributed by atoms with van der Waals surface area (Å²) in [5.41, 5.74) is 0. The van der Waals surface area contributed by atoms with Crippen molar-refractivity contribution in [2.24, 2.45) is 5.92 Å². The quantitative estimate of drug-likeness (QED) is 0.706. The Balaban J connectivity index is 2.46. The second kappa shape index (κ2) is 4.96. The van der Waals surface area contributed by atoms with Crippen molar-refractivity contribution in [1.82, 2.24) is 4.90 Å². The van der Waals surface area contributed by atoms with Gasteiger partial charge in [-0.3, -0.25) is 4.79 Å². The Morgan fingerprint density at radius 3 is 2.85 bits per heavy atom. The molecule has 0 radical (unpaired) electrons. The van der Waals surface area contributed by atoms with Gasteiger partial charge in [-0.2, -0.15) is 0 Å². The van der Waals surface area contributed by atoms with Crippen LogP contribution < -0.4 is 0 Å². The van der Waals surface area contributed by atoms with Gasteiger partial charge in [0, 0.05) is 25.5 Å². The summed E-state index contributed by atoms with van der Waals surface area (Å²) in [4.78, 5) is 13.4. The Labute approximate surface area is 87.6 Å². The molecule has 1 heterocycles. The molecule has 1 aliphatic heterocycles. The summed E-state index contributed by atoms with van der Waals surface area (Å²) in [6, 6.07) is 0. The lowest BCUT2D eigenvalue weighted by Crippen LogP contribution is -2.39. The number of amides is 1. The van der Waals surface area contributed by atoms with Crippen LogP contribution >= 0.6 is 15.9 Å². The Bertz CT molecular complexity index is 186. The van der Waals surface area contributed by atoms with Crippen molar-refractivity contribution in [2.45, 2.75) is 19.4 Å². The average Bonchev–Trinajstić information content (AvgIpc) is 2.50. The largest absolute Gasteiger partial charge is 0.368 e. The maximum Gasteiger partial charge on any atom is 0.251 e. The lowest BCUT2D eigenvalue weighted by atomic mass is 10.0. The molecule has 2 atom stereocenters. The number of hydrogen-bond donors (Lipinski definition) is 0. The van der Waals surface area contributed by atoms with Gasteiger partial charge in [-0.25, -0.2) is 0 Å². The molecule has 1 rings (SSSR count). The third kappa shape index (κ3) is 2.68. The molecule has 1 amide bonds. The number of ether oxygens (including phenoxy) is 1. The predicted molar refractivity (Wildman–Crippen MR) is 55.0 cm³/mol. The number of nitrogens with zero attached hydrogens (tertiary/aromatic N) is 1. The van der Waals surface area contributed by atoms with Crippen LogP contribution in [0.15, 0.2) is 0 Å². The first kappa shape index (κ1) is 11.0. The highest BCUT2D eigenvalue weighted by Gasteiger charge is 2.32. The van der Waals surface area contributed by atoms with Gasteiger partial charge >= 0.3 is 0 Å². The van der Waals surface area contributed by atoms with Gasteiger partial charge in [0.1, 0.15) is 6.10 Å². The molecule has 13 heavy (non-hydrogen) atoms. The van der Waals surface area contributed by atoms with Gasteiger partial charge in [-0.05, 0) is 12.3 Å². The van der Waals surface area contributed by atoms with E-state index in [1.165, 1.54) is 0 Å². The van der Waals surface area contributed by atoms with E-state index in [2.05, 4.69) is 22.9 Å². The van der Waals surface area contributed by atoms with E-state index < -0.39 is 0 Å². The molecule has 0 N–H and O–H groups in total. The van der Waals surface area contributed by atoms with Crippen LogP contribution in [-0.2, 0) is 9.53 Å². The molecular formula is C9H16BrNO2. The standard InChI is InChI=1S/C9H16BrNO2/c1-7-3-6-13-8(7)9(12)11(2)5-4-10/h7-8H,3-6H2,1-2H3. The van der Waals surface area contributed by atoms with Crippen molar-refractivity contribution in [2.75, 3.05) is 25.5 Å². The Hall–Kier alpha value is -0.0900. The van der Waals surface area contributed by atoms with Crippen LogP contribution in [0.3, 0.4) is 0 Å². The van der Waals surface area contributed by atoms with E-state index in [0.717, 1.165) is 24.9 Å². The number of likely N-dealkylation sites (N-methyl/N-ethyl adjacent to an activating group) is 1. The normalized spacial score (nSPS) is 27.6. The Morgan fingerprint density at radius 1 is 1.69 bits per heavy atom. The average molecular weight is 250 g/mol. The number of halogens is 1. The minimum atomic E-state index is -0.205. The first-order chi connectivity index (χ1) is 6.16. The molecule has 0 bridgehead atoms. The topological polar surface area (TPSA) is 29.5 Å². The van der Waals surface area contributed by atoms with Crippen LogP contribution in [0.25, 0.3) is 0 Å². The molecule has 1 fully saturated rings. The van der Waals surface area contributed by atoms with E-state index in [0.29, 0.717) is 5.92 Å². The highest BCUT2D eigenvalue weighted by atomic mass is 79.9. The summed E-state index contributed by atoms with van der Waals surface area (Å²) in [5, 5.41) is 0.816. The van der Waals surface area contributed by atoms with Gasteiger partial charge in [-0.15, -0.1) is 0 Å². The fourth-order valence-corrected chi connectivity index (χ4v) is 2.00. The second-order valence-corrected chi connectivity index (χ2v) is 4.30. The minimum absolute atomic E-state index is 0.115. The number of rotatable bonds is 3. The predicted octanol–water partition coefficient (Wildman–Crippen LogP) is 1.26. The van der Waals surface area contributed by atoms with Crippen molar-refractivity contribution in [3.05, 3.63) is 0 Å². The summed E-state index contributed by atoms with van der Waals surface area (Å²) < 4.78 is 5.39. The van der Waals surface area contributed by atoms with Gasteiger partial charge in [0.05, 0.1) is 0 Å². The second-order valence-electron chi connectivity index (χ2n) is 3.51. The fourth-order valence-electron chi connectivity index (χ4n) is 1.47. The molecule has 0 aromatic heterocycles. The van der Waals surface area contributed by atoms with Crippen molar-refractivity contribution < 1.29 is 9.53 Å². The molecular weight excluding hydrogens is 234 g/mol. The van der Waals surface area contributed by atoms with Gasteiger partial charge in [-0.1, -0.05) is 22.9 Å². The number of alkyl halides is 1. The molecule has 0 saturated carbocycles. The molecule has 2 unspecified atom stereocenters. The zero-order valence-electron chi connectivity index (χ0n) is 8.12. The molecule has 3 nitrogen and oxygen atoms in total. The van der Waals surface area contributed by atoms with Crippen LogP contribution in [0.5, 0.6) is 0 Å². The number of hydrogen-bond acceptors (Lipinski definition) is 2. The van der Waals surface area contributed by atoms with Crippen molar-refractivity contribution in [3.8, 4) is 0 Å². The zero-order chi connectivity index (χ0) is 9.84. The van der Waals surface area contributed by atoms with Gasteiger partial charge in [0.15, 0.2) is 0 Å².